The summed E-state index contributed by atoms with van der Waals surface area (Å²) >= 11 is 0. The maximum atomic E-state index is 5.50. The van der Waals surface area contributed by atoms with Crippen LogP contribution in [0, 0.1) is 0 Å². The van der Waals surface area contributed by atoms with Crippen LogP contribution in [-0.2, 0) is 13.1 Å². The van der Waals surface area contributed by atoms with Gasteiger partial charge in [-0.3, -0.25) is 4.90 Å². The molecule has 1 heterocycles. The molecule has 0 bridgehead atoms. The Morgan fingerprint density at radius 1 is 1.40 bits per heavy atom. The van der Waals surface area contributed by atoms with Crippen LogP contribution in [0.15, 0.2) is 16.7 Å². The topological polar surface area (TPSA) is 28.4 Å². The van der Waals surface area contributed by atoms with Crippen LogP contribution < -0.4 is 5.32 Å². The first kappa shape index (κ1) is 12.3. The second-order valence-electron chi connectivity index (χ2n) is 3.89. The van der Waals surface area contributed by atoms with Gasteiger partial charge in [-0.2, -0.15) is 0 Å². The molecule has 0 spiro atoms. The van der Waals surface area contributed by atoms with Crippen molar-refractivity contribution in [3.05, 3.63) is 23.7 Å². The van der Waals surface area contributed by atoms with E-state index in [-0.39, 0.29) is 0 Å². The van der Waals surface area contributed by atoms with Crippen molar-refractivity contribution in [1.82, 2.24) is 10.2 Å². The largest absolute Gasteiger partial charge is 0.468 e. The van der Waals surface area contributed by atoms with Gasteiger partial charge >= 0.3 is 0 Å². The van der Waals surface area contributed by atoms with E-state index in [0.717, 1.165) is 31.9 Å². The minimum atomic E-state index is 0.904. The van der Waals surface area contributed by atoms with E-state index in [1.165, 1.54) is 12.0 Å². The van der Waals surface area contributed by atoms with E-state index in [1.807, 2.05) is 0 Å². The second-order valence-corrected chi connectivity index (χ2v) is 3.89. The van der Waals surface area contributed by atoms with Gasteiger partial charge < -0.3 is 9.73 Å². The Balaban J connectivity index is 2.48. The van der Waals surface area contributed by atoms with Crippen LogP contribution in [0.3, 0.4) is 0 Å². The zero-order chi connectivity index (χ0) is 11.1. The molecule has 0 radical (unpaired) electrons. The van der Waals surface area contributed by atoms with E-state index < -0.39 is 0 Å². The lowest BCUT2D eigenvalue weighted by molar-refractivity contribution is 0.293. The Bertz CT molecular complexity index is 270. The number of nitrogens with one attached hydrogen (secondary N) is 1. The van der Waals surface area contributed by atoms with E-state index >= 15 is 0 Å². The number of furan rings is 1. The van der Waals surface area contributed by atoms with Gasteiger partial charge in [-0.1, -0.05) is 13.8 Å². The highest BCUT2D eigenvalue weighted by atomic mass is 16.3. The second kappa shape index (κ2) is 6.64. The summed E-state index contributed by atoms with van der Waals surface area (Å²) in [5.41, 5.74) is 1.28. The molecule has 0 aromatic carbocycles. The standard InChI is InChI=1S/C12H22N2O/c1-4-7-14(3)10-12-11(6-8-15-12)9-13-5-2/h6,8,13H,4-5,7,9-10H2,1-3H3. The fourth-order valence-corrected chi connectivity index (χ4v) is 1.63. The van der Waals surface area contributed by atoms with Crippen LogP contribution in [0.4, 0.5) is 0 Å². The van der Waals surface area contributed by atoms with E-state index in [4.69, 9.17) is 4.42 Å². The average Bonchev–Trinajstić information content (AvgIpc) is 2.63. The number of nitrogens with zero attached hydrogens (tertiary/aromatic N) is 1. The molecular formula is C12H22N2O. The fraction of sp³-hybridized carbons (Fsp3) is 0.667. The summed E-state index contributed by atoms with van der Waals surface area (Å²) in [4.78, 5) is 2.29. The first-order valence-corrected chi connectivity index (χ1v) is 5.72. The lowest BCUT2D eigenvalue weighted by atomic mass is 10.2. The molecule has 1 N–H and O–H groups in total. The minimum absolute atomic E-state index is 0.904. The number of rotatable bonds is 7. The Hall–Kier alpha value is -0.800. The van der Waals surface area contributed by atoms with E-state index in [2.05, 4.69) is 37.2 Å². The van der Waals surface area contributed by atoms with Crippen LogP contribution in [0.1, 0.15) is 31.6 Å². The summed E-state index contributed by atoms with van der Waals surface area (Å²) in [6.45, 7) is 8.22. The predicted molar refractivity (Wildman–Crippen MR) is 62.7 cm³/mol. The van der Waals surface area contributed by atoms with E-state index in [9.17, 15) is 0 Å². The summed E-state index contributed by atoms with van der Waals surface area (Å²) in [7, 11) is 2.13. The third kappa shape index (κ3) is 4.06. The van der Waals surface area contributed by atoms with Gasteiger partial charge in [0.2, 0.25) is 0 Å². The van der Waals surface area contributed by atoms with Crippen LogP contribution in [-0.4, -0.2) is 25.0 Å². The summed E-state index contributed by atoms with van der Waals surface area (Å²) in [5.74, 6) is 1.09. The molecule has 0 aliphatic carbocycles. The van der Waals surface area contributed by atoms with Crippen LogP contribution in [0.25, 0.3) is 0 Å². The first-order valence-electron chi connectivity index (χ1n) is 5.72. The summed E-state index contributed by atoms with van der Waals surface area (Å²) in [5, 5.41) is 3.32. The van der Waals surface area contributed by atoms with Crippen molar-refractivity contribution in [2.45, 2.75) is 33.4 Å². The number of hydrogen-bond acceptors (Lipinski definition) is 3. The molecule has 0 aliphatic rings. The summed E-state index contributed by atoms with van der Waals surface area (Å²) in [6, 6.07) is 2.05. The molecule has 0 fully saturated rings. The molecule has 0 saturated heterocycles. The number of hydrogen-bond donors (Lipinski definition) is 1. The van der Waals surface area contributed by atoms with Crippen molar-refractivity contribution in [2.75, 3.05) is 20.1 Å². The maximum absolute atomic E-state index is 5.50. The average molecular weight is 210 g/mol. The van der Waals surface area contributed by atoms with Crippen LogP contribution in [0.2, 0.25) is 0 Å². The molecule has 0 unspecified atom stereocenters. The zero-order valence-corrected chi connectivity index (χ0v) is 10.0. The quantitative estimate of drug-likeness (QED) is 0.748. The van der Waals surface area contributed by atoms with Crippen molar-refractivity contribution in [1.29, 1.82) is 0 Å². The van der Waals surface area contributed by atoms with Gasteiger partial charge in [-0.15, -0.1) is 0 Å². The molecule has 86 valence electrons. The molecule has 0 amide bonds. The van der Waals surface area contributed by atoms with Gasteiger partial charge in [0.1, 0.15) is 5.76 Å². The first-order chi connectivity index (χ1) is 7.27. The highest BCUT2D eigenvalue weighted by Crippen LogP contribution is 2.12. The molecule has 3 heteroatoms. The van der Waals surface area contributed by atoms with Crippen LogP contribution >= 0.6 is 0 Å². The minimum Gasteiger partial charge on any atom is -0.468 e. The Labute approximate surface area is 92.5 Å². The van der Waals surface area contributed by atoms with Crippen molar-refractivity contribution in [3.8, 4) is 0 Å². The van der Waals surface area contributed by atoms with Crippen molar-refractivity contribution in [3.63, 3.8) is 0 Å². The fourth-order valence-electron chi connectivity index (χ4n) is 1.63. The molecule has 0 atom stereocenters. The third-order valence-corrected chi connectivity index (χ3v) is 2.42. The normalized spacial score (nSPS) is 11.2. The highest BCUT2D eigenvalue weighted by Gasteiger charge is 2.07. The van der Waals surface area contributed by atoms with Gasteiger partial charge in [0.15, 0.2) is 0 Å². The van der Waals surface area contributed by atoms with Crippen LogP contribution in [0.5, 0.6) is 0 Å². The van der Waals surface area contributed by atoms with Gasteiger partial charge in [0, 0.05) is 12.1 Å². The third-order valence-electron chi connectivity index (χ3n) is 2.42. The Kier molecular flexibility index (Phi) is 5.43. The van der Waals surface area contributed by atoms with Crippen molar-refractivity contribution < 1.29 is 4.42 Å². The van der Waals surface area contributed by atoms with E-state index in [1.54, 1.807) is 6.26 Å². The smallest absolute Gasteiger partial charge is 0.122 e. The van der Waals surface area contributed by atoms with Crippen molar-refractivity contribution >= 4 is 0 Å². The molecule has 1 aromatic rings. The molecule has 0 saturated carbocycles. The SMILES string of the molecule is CCCN(C)Cc1occc1CNCC. The maximum Gasteiger partial charge on any atom is 0.122 e. The Morgan fingerprint density at radius 2 is 2.20 bits per heavy atom. The molecule has 3 nitrogen and oxygen atoms in total. The lowest BCUT2D eigenvalue weighted by Crippen LogP contribution is -2.20. The lowest BCUT2D eigenvalue weighted by Gasteiger charge is -2.14. The summed E-state index contributed by atoms with van der Waals surface area (Å²) < 4.78 is 5.50. The monoisotopic (exact) mass is 210 g/mol. The molecule has 1 aromatic heterocycles. The summed E-state index contributed by atoms with van der Waals surface area (Å²) in [6.07, 6.45) is 2.96. The van der Waals surface area contributed by atoms with E-state index in [0.29, 0.717) is 0 Å². The van der Waals surface area contributed by atoms with Gasteiger partial charge in [-0.05, 0) is 32.6 Å². The van der Waals surface area contributed by atoms with Gasteiger partial charge in [-0.25, -0.2) is 0 Å². The van der Waals surface area contributed by atoms with Gasteiger partial charge in [0.25, 0.3) is 0 Å². The Morgan fingerprint density at radius 3 is 2.87 bits per heavy atom. The van der Waals surface area contributed by atoms with Crippen molar-refractivity contribution in [2.24, 2.45) is 0 Å². The predicted octanol–water partition coefficient (Wildman–Crippen LogP) is 2.23. The molecule has 0 aliphatic heterocycles. The van der Waals surface area contributed by atoms with Gasteiger partial charge in [0.05, 0.1) is 12.8 Å². The molecule has 15 heavy (non-hydrogen) atoms. The highest BCUT2D eigenvalue weighted by molar-refractivity contribution is 5.16. The molecule has 1 rings (SSSR count). The molecular weight excluding hydrogens is 188 g/mol. The zero-order valence-electron chi connectivity index (χ0n) is 10.0.